The Hall–Kier alpha value is -1.40. The van der Waals surface area contributed by atoms with Crippen LogP contribution in [-0.2, 0) is 14.3 Å². The summed E-state index contributed by atoms with van der Waals surface area (Å²) in [5.74, 6) is 0.0449. The molecule has 6 heteroatoms. The summed E-state index contributed by atoms with van der Waals surface area (Å²) in [6.45, 7) is 0. The minimum Gasteiger partial charge on any atom is -0.469 e. The van der Waals surface area contributed by atoms with Gasteiger partial charge in [-0.2, -0.15) is 0 Å². The summed E-state index contributed by atoms with van der Waals surface area (Å²) < 4.78 is 4.68. The van der Waals surface area contributed by atoms with E-state index in [2.05, 4.69) is 10.1 Å². The number of amides is 1. The average molecular weight is 296 g/mol. The van der Waals surface area contributed by atoms with Crippen LogP contribution in [0.5, 0.6) is 0 Å². The molecule has 1 aromatic heterocycles. The van der Waals surface area contributed by atoms with Gasteiger partial charge < -0.3 is 15.8 Å². The molecular formula is C14H20N2O3S. The van der Waals surface area contributed by atoms with Crippen LogP contribution in [0.25, 0.3) is 0 Å². The summed E-state index contributed by atoms with van der Waals surface area (Å²) >= 11 is 1.51. The zero-order chi connectivity index (χ0) is 14.5. The van der Waals surface area contributed by atoms with Crippen LogP contribution in [0.15, 0.2) is 17.5 Å². The van der Waals surface area contributed by atoms with Crippen molar-refractivity contribution in [1.82, 2.24) is 5.32 Å². The molecule has 5 nitrogen and oxygen atoms in total. The molecule has 1 aliphatic rings. The molecule has 20 heavy (non-hydrogen) atoms. The summed E-state index contributed by atoms with van der Waals surface area (Å²) in [6, 6.07) is 3.39. The lowest BCUT2D eigenvalue weighted by molar-refractivity contribution is -0.141. The normalized spacial score (nSPS) is 17.3. The molecule has 0 aliphatic heterocycles. The number of carbonyl (C=O) groups is 2. The van der Waals surface area contributed by atoms with E-state index in [4.69, 9.17) is 5.73 Å². The summed E-state index contributed by atoms with van der Waals surface area (Å²) in [4.78, 5) is 24.4. The summed E-state index contributed by atoms with van der Waals surface area (Å²) in [5, 5.41) is 4.81. The molecule has 110 valence electrons. The van der Waals surface area contributed by atoms with Crippen molar-refractivity contribution >= 4 is 23.2 Å². The largest absolute Gasteiger partial charge is 0.469 e. The van der Waals surface area contributed by atoms with Gasteiger partial charge in [-0.1, -0.05) is 6.07 Å². The first-order chi connectivity index (χ1) is 9.60. The molecule has 0 bridgehead atoms. The highest BCUT2D eigenvalue weighted by molar-refractivity contribution is 7.10. The number of esters is 1. The van der Waals surface area contributed by atoms with Crippen LogP contribution in [0, 0.1) is 5.92 Å². The lowest BCUT2D eigenvalue weighted by Crippen LogP contribution is -2.35. The summed E-state index contributed by atoms with van der Waals surface area (Å²) in [5.41, 5.74) is 5.95. The maximum Gasteiger partial charge on any atom is 0.307 e. The number of hydrogen-bond donors (Lipinski definition) is 2. The van der Waals surface area contributed by atoms with Crippen LogP contribution in [-0.4, -0.2) is 25.0 Å². The quantitative estimate of drug-likeness (QED) is 0.749. The second-order valence-corrected chi connectivity index (χ2v) is 6.10. The molecular weight excluding hydrogens is 276 g/mol. The summed E-state index contributed by atoms with van der Waals surface area (Å²) in [7, 11) is 1.35. The standard InChI is InChI=1S/C14H20N2O3S/c1-19-14(18)8-11(12-3-2-6-20-12)16-13(17)7-10(15)9-4-5-9/h2-3,6,9-11H,4-5,7-8,15H2,1H3,(H,16,17). The van der Waals surface area contributed by atoms with E-state index in [0.717, 1.165) is 17.7 Å². The number of ether oxygens (including phenoxy) is 1. The predicted octanol–water partition coefficient (Wildman–Crippen LogP) is 1.60. The highest BCUT2D eigenvalue weighted by Gasteiger charge is 2.30. The van der Waals surface area contributed by atoms with Crippen molar-refractivity contribution in [2.45, 2.75) is 37.8 Å². The second-order valence-electron chi connectivity index (χ2n) is 5.12. The van der Waals surface area contributed by atoms with E-state index >= 15 is 0 Å². The first-order valence-electron chi connectivity index (χ1n) is 6.75. The van der Waals surface area contributed by atoms with Crippen molar-refractivity contribution in [2.75, 3.05) is 7.11 Å². The van der Waals surface area contributed by atoms with Crippen LogP contribution in [0.1, 0.15) is 36.6 Å². The second kappa shape index (κ2) is 6.85. The Morgan fingerprint density at radius 3 is 2.80 bits per heavy atom. The Morgan fingerprint density at radius 2 is 2.25 bits per heavy atom. The average Bonchev–Trinajstić information content (AvgIpc) is 3.13. The molecule has 0 saturated heterocycles. The monoisotopic (exact) mass is 296 g/mol. The molecule has 2 unspecified atom stereocenters. The van der Waals surface area contributed by atoms with E-state index in [1.165, 1.54) is 18.4 Å². The number of rotatable bonds is 7. The maximum absolute atomic E-state index is 12.0. The van der Waals surface area contributed by atoms with E-state index in [1.807, 2.05) is 17.5 Å². The SMILES string of the molecule is COC(=O)CC(NC(=O)CC(N)C1CC1)c1cccs1. The Kier molecular flexibility index (Phi) is 5.14. The van der Waals surface area contributed by atoms with E-state index in [0.29, 0.717) is 12.3 Å². The lowest BCUT2D eigenvalue weighted by atomic mass is 10.1. The first kappa shape index (κ1) is 15.0. The van der Waals surface area contributed by atoms with E-state index in [-0.39, 0.29) is 30.4 Å². The number of methoxy groups -OCH3 is 1. The van der Waals surface area contributed by atoms with Gasteiger partial charge in [0.1, 0.15) is 0 Å². The number of nitrogens with two attached hydrogens (primary N) is 1. The number of hydrogen-bond acceptors (Lipinski definition) is 5. The number of thiophene rings is 1. The zero-order valence-electron chi connectivity index (χ0n) is 11.5. The van der Waals surface area contributed by atoms with Gasteiger partial charge in [0.15, 0.2) is 0 Å². The molecule has 1 saturated carbocycles. The van der Waals surface area contributed by atoms with Crippen molar-refractivity contribution < 1.29 is 14.3 Å². The van der Waals surface area contributed by atoms with Gasteiger partial charge in [-0.3, -0.25) is 9.59 Å². The van der Waals surface area contributed by atoms with Crippen molar-refractivity contribution in [3.63, 3.8) is 0 Å². The molecule has 1 aromatic rings. The first-order valence-corrected chi connectivity index (χ1v) is 7.63. The van der Waals surface area contributed by atoms with Gasteiger partial charge in [-0.05, 0) is 30.2 Å². The molecule has 1 fully saturated rings. The van der Waals surface area contributed by atoms with Gasteiger partial charge in [-0.15, -0.1) is 11.3 Å². The molecule has 1 heterocycles. The Morgan fingerprint density at radius 1 is 1.50 bits per heavy atom. The fourth-order valence-corrected chi connectivity index (χ4v) is 2.90. The Balaban J connectivity index is 1.92. The van der Waals surface area contributed by atoms with Gasteiger partial charge in [0.2, 0.25) is 5.91 Å². The number of carbonyl (C=O) groups excluding carboxylic acids is 2. The minimum absolute atomic E-state index is 0.0721. The zero-order valence-corrected chi connectivity index (χ0v) is 12.3. The molecule has 2 rings (SSSR count). The summed E-state index contributed by atoms with van der Waals surface area (Å²) in [6.07, 6.45) is 2.69. The predicted molar refractivity (Wildman–Crippen MR) is 77.2 cm³/mol. The van der Waals surface area contributed by atoms with Crippen LogP contribution >= 0.6 is 11.3 Å². The fourth-order valence-electron chi connectivity index (χ4n) is 2.12. The molecule has 3 N–H and O–H groups in total. The highest BCUT2D eigenvalue weighted by Crippen LogP contribution is 2.33. The highest BCUT2D eigenvalue weighted by atomic mass is 32.1. The Labute approximate surface area is 122 Å². The van der Waals surface area contributed by atoms with E-state index in [1.54, 1.807) is 0 Å². The molecule has 0 radical (unpaired) electrons. The molecule has 2 atom stereocenters. The molecule has 0 aromatic carbocycles. The van der Waals surface area contributed by atoms with Crippen LogP contribution in [0.3, 0.4) is 0 Å². The number of nitrogens with one attached hydrogen (secondary N) is 1. The molecule has 1 amide bonds. The van der Waals surface area contributed by atoms with Gasteiger partial charge in [0.05, 0.1) is 19.6 Å². The van der Waals surface area contributed by atoms with Crippen molar-refractivity contribution in [2.24, 2.45) is 11.7 Å². The van der Waals surface area contributed by atoms with E-state index < -0.39 is 0 Å². The van der Waals surface area contributed by atoms with Crippen molar-refractivity contribution in [3.8, 4) is 0 Å². The van der Waals surface area contributed by atoms with E-state index in [9.17, 15) is 9.59 Å². The third-order valence-electron chi connectivity index (χ3n) is 3.47. The molecule has 1 aliphatic carbocycles. The van der Waals surface area contributed by atoms with Crippen molar-refractivity contribution in [3.05, 3.63) is 22.4 Å². The van der Waals surface area contributed by atoms with Gasteiger partial charge in [-0.25, -0.2) is 0 Å². The van der Waals surface area contributed by atoms with Gasteiger partial charge in [0.25, 0.3) is 0 Å². The third kappa shape index (κ3) is 4.31. The van der Waals surface area contributed by atoms with Gasteiger partial charge >= 0.3 is 5.97 Å². The van der Waals surface area contributed by atoms with Crippen molar-refractivity contribution in [1.29, 1.82) is 0 Å². The minimum atomic E-state index is -0.338. The van der Waals surface area contributed by atoms with Gasteiger partial charge in [0, 0.05) is 17.3 Å². The van der Waals surface area contributed by atoms with Crippen LogP contribution in [0.2, 0.25) is 0 Å². The third-order valence-corrected chi connectivity index (χ3v) is 4.45. The molecule has 0 spiro atoms. The Bertz CT molecular complexity index is 457. The maximum atomic E-state index is 12.0. The van der Waals surface area contributed by atoms with Crippen LogP contribution < -0.4 is 11.1 Å². The van der Waals surface area contributed by atoms with Crippen LogP contribution in [0.4, 0.5) is 0 Å². The smallest absolute Gasteiger partial charge is 0.307 e. The lowest BCUT2D eigenvalue weighted by Gasteiger charge is -2.18. The fraction of sp³-hybridized carbons (Fsp3) is 0.571. The topological polar surface area (TPSA) is 81.4 Å².